The first-order valence-corrected chi connectivity index (χ1v) is 10.6. The van der Waals surface area contributed by atoms with Crippen molar-refractivity contribution in [1.82, 2.24) is 19.9 Å². The molecule has 2 heterocycles. The third-order valence-electron chi connectivity index (χ3n) is 4.95. The van der Waals surface area contributed by atoms with Gasteiger partial charge in [0, 0.05) is 6.54 Å². The van der Waals surface area contributed by atoms with E-state index in [2.05, 4.69) is 12.2 Å². The number of amides is 1. The third kappa shape index (κ3) is 3.68. The summed E-state index contributed by atoms with van der Waals surface area (Å²) in [7, 11) is 0. The summed E-state index contributed by atoms with van der Waals surface area (Å²) in [5.41, 5.74) is 9.78. The topological polar surface area (TPSA) is 85.8 Å². The molecule has 6 nitrogen and oxygen atoms in total. The molecule has 0 spiro atoms. The number of nitrogens with one attached hydrogen (secondary N) is 1. The van der Waals surface area contributed by atoms with Crippen molar-refractivity contribution in [2.24, 2.45) is 0 Å². The van der Waals surface area contributed by atoms with Crippen molar-refractivity contribution in [1.29, 1.82) is 0 Å². The van der Waals surface area contributed by atoms with E-state index in [-0.39, 0.29) is 11.7 Å². The summed E-state index contributed by atoms with van der Waals surface area (Å²) in [6.07, 6.45) is 3.03. The molecule has 4 rings (SSSR count). The summed E-state index contributed by atoms with van der Waals surface area (Å²) in [6.45, 7) is 2.69. The van der Waals surface area contributed by atoms with Gasteiger partial charge < -0.3 is 11.1 Å². The molecule has 154 valence electrons. The van der Waals surface area contributed by atoms with Gasteiger partial charge in [0.05, 0.1) is 26.8 Å². The van der Waals surface area contributed by atoms with Crippen LogP contribution in [0.5, 0.6) is 0 Å². The zero-order valence-electron chi connectivity index (χ0n) is 16.5. The fraction of sp³-hybridized carbons (Fsp3) is 0.227. The fourth-order valence-electron chi connectivity index (χ4n) is 3.44. The lowest BCUT2D eigenvalue weighted by Gasteiger charge is -2.09. The van der Waals surface area contributed by atoms with Crippen LogP contribution in [0.15, 0.2) is 42.5 Å². The quantitative estimate of drug-likeness (QED) is 0.393. The lowest BCUT2D eigenvalue weighted by atomic mass is 10.2. The molecule has 4 aromatic rings. The smallest absolute Gasteiger partial charge is 0.257 e. The minimum absolute atomic E-state index is 0.256. The Kier molecular flexibility index (Phi) is 5.79. The van der Waals surface area contributed by atoms with Crippen molar-refractivity contribution in [2.75, 3.05) is 12.3 Å². The monoisotopic (exact) mass is 441 g/mol. The Morgan fingerprint density at radius 1 is 1.07 bits per heavy atom. The molecule has 0 saturated carbocycles. The molecule has 2 aromatic carbocycles. The molecule has 1 amide bonds. The molecule has 30 heavy (non-hydrogen) atoms. The van der Waals surface area contributed by atoms with E-state index in [9.17, 15) is 4.79 Å². The van der Waals surface area contributed by atoms with Crippen LogP contribution in [0.2, 0.25) is 10.0 Å². The summed E-state index contributed by atoms with van der Waals surface area (Å²) in [5, 5.41) is 3.77. The lowest BCUT2D eigenvalue weighted by molar-refractivity contribution is 0.0955. The molecule has 0 bridgehead atoms. The van der Waals surface area contributed by atoms with Crippen LogP contribution in [-0.2, 0) is 0 Å². The Morgan fingerprint density at radius 3 is 2.50 bits per heavy atom. The van der Waals surface area contributed by atoms with Crippen LogP contribution in [0.25, 0.3) is 27.9 Å². The van der Waals surface area contributed by atoms with Gasteiger partial charge in [-0.2, -0.15) is 0 Å². The van der Waals surface area contributed by atoms with E-state index in [4.69, 9.17) is 38.9 Å². The minimum Gasteiger partial charge on any atom is -0.384 e. The SMILES string of the molecule is CCCCCNC(=O)c1c(N)n(-c2ccc(Cl)c(Cl)c2)c2nc3ccccc3nc12. The summed E-state index contributed by atoms with van der Waals surface area (Å²) >= 11 is 12.3. The maximum absolute atomic E-state index is 13.0. The molecular weight excluding hydrogens is 421 g/mol. The summed E-state index contributed by atoms with van der Waals surface area (Å²) < 4.78 is 1.69. The molecule has 8 heteroatoms. The maximum Gasteiger partial charge on any atom is 0.257 e. The second-order valence-electron chi connectivity index (χ2n) is 7.04. The molecule has 2 aromatic heterocycles. The van der Waals surface area contributed by atoms with Crippen molar-refractivity contribution >= 4 is 57.1 Å². The first-order chi connectivity index (χ1) is 14.5. The van der Waals surface area contributed by atoms with E-state index in [1.165, 1.54) is 0 Å². The van der Waals surface area contributed by atoms with E-state index in [0.717, 1.165) is 19.3 Å². The van der Waals surface area contributed by atoms with E-state index in [1.54, 1.807) is 22.8 Å². The summed E-state index contributed by atoms with van der Waals surface area (Å²) in [6, 6.07) is 12.7. The van der Waals surface area contributed by atoms with Crippen LogP contribution in [0.3, 0.4) is 0 Å². The Morgan fingerprint density at radius 2 is 1.80 bits per heavy atom. The number of nitrogens with two attached hydrogens (primary N) is 1. The highest BCUT2D eigenvalue weighted by atomic mass is 35.5. The third-order valence-corrected chi connectivity index (χ3v) is 5.69. The number of nitrogens with zero attached hydrogens (tertiary/aromatic N) is 3. The zero-order valence-corrected chi connectivity index (χ0v) is 18.0. The number of carbonyl (C=O) groups is 1. The number of para-hydroxylation sites is 2. The fourth-order valence-corrected chi connectivity index (χ4v) is 3.73. The number of nitrogen functional groups attached to an aromatic ring is 1. The number of fused-ring (bicyclic) bond motifs is 2. The zero-order chi connectivity index (χ0) is 21.3. The van der Waals surface area contributed by atoms with Crippen LogP contribution < -0.4 is 11.1 Å². The highest BCUT2D eigenvalue weighted by Gasteiger charge is 2.24. The maximum atomic E-state index is 13.0. The predicted octanol–water partition coefficient (Wildman–Crippen LogP) is 5.38. The van der Waals surface area contributed by atoms with E-state index >= 15 is 0 Å². The van der Waals surface area contributed by atoms with Gasteiger partial charge in [-0.05, 0) is 36.8 Å². The van der Waals surface area contributed by atoms with Gasteiger partial charge in [0.1, 0.15) is 16.9 Å². The first-order valence-electron chi connectivity index (χ1n) is 9.81. The number of anilines is 1. The molecular formula is C22H21Cl2N5O. The molecule has 0 fully saturated rings. The minimum atomic E-state index is -0.267. The number of carbonyl (C=O) groups excluding carboxylic acids is 1. The van der Waals surface area contributed by atoms with Gasteiger partial charge in [-0.15, -0.1) is 0 Å². The first kappa shape index (κ1) is 20.4. The van der Waals surface area contributed by atoms with Crippen molar-refractivity contribution in [3.05, 3.63) is 58.1 Å². The van der Waals surface area contributed by atoms with E-state index in [1.807, 2.05) is 24.3 Å². The molecule has 0 radical (unpaired) electrons. The Balaban J connectivity index is 1.92. The molecule has 0 atom stereocenters. The Bertz CT molecular complexity index is 1250. The van der Waals surface area contributed by atoms with Crippen LogP contribution in [-0.4, -0.2) is 27.0 Å². The van der Waals surface area contributed by atoms with Crippen LogP contribution >= 0.6 is 23.2 Å². The van der Waals surface area contributed by atoms with E-state index < -0.39 is 0 Å². The number of hydrogen-bond acceptors (Lipinski definition) is 4. The number of hydrogen-bond donors (Lipinski definition) is 2. The molecule has 3 N–H and O–H groups in total. The van der Waals surface area contributed by atoms with Crippen molar-refractivity contribution < 1.29 is 4.79 Å². The van der Waals surface area contributed by atoms with Gasteiger partial charge >= 0.3 is 0 Å². The van der Waals surface area contributed by atoms with E-state index in [0.29, 0.717) is 50.0 Å². The van der Waals surface area contributed by atoms with Gasteiger partial charge in [0.15, 0.2) is 5.65 Å². The standard InChI is InChI=1S/C22H21Cl2N5O/c1-2-3-6-11-26-22(30)18-19-21(28-17-8-5-4-7-16(17)27-19)29(20(18)25)13-9-10-14(23)15(24)12-13/h4-5,7-10,12H,2-3,6,11,25H2,1H3,(H,26,30). The van der Waals surface area contributed by atoms with Gasteiger partial charge in [-0.3, -0.25) is 9.36 Å². The van der Waals surface area contributed by atoms with Crippen molar-refractivity contribution in [3.8, 4) is 5.69 Å². The number of unbranched alkanes of at least 4 members (excludes halogenated alkanes) is 2. The number of rotatable bonds is 6. The predicted molar refractivity (Wildman–Crippen MR) is 123 cm³/mol. The lowest BCUT2D eigenvalue weighted by Crippen LogP contribution is -2.25. The van der Waals surface area contributed by atoms with Gasteiger partial charge in [-0.1, -0.05) is 55.1 Å². The number of benzene rings is 2. The Labute approximate surface area is 184 Å². The second kappa shape index (κ2) is 8.50. The second-order valence-corrected chi connectivity index (χ2v) is 7.86. The molecule has 0 aliphatic carbocycles. The van der Waals surface area contributed by atoms with Crippen LogP contribution in [0.4, 0.5) is 5.82 Å². The normalized spacial score (nSPS) is 11.3. The largest absolute Gasteiger partial charge is 0.384 e. The number of halogens is 2. The van der Waals surface area contributed by atoms with Crippen LogP contribution in [0, 0.1) is 0 Å². The molecule has 0 saturated heterocycles. The number of aromatic nitrogens is 3. The van der Waals surface area contributed by atoms with Crippen LogP contribution in [0.1, 0.15) is 36.5 Å². The van der Waals surface area contributed by atoms with Gasteiger partial charge in [0.25, 0.3) is 5.91 Å². The van der Waals surface area contributed by atoms with Gasteiger partial charge in [0.2, 0.25) is 0 Å². The molecule has 0 unspecified atom stereocenters. The Hall–Kier alpha value is -2.83. The van der Waals surface area contributed by atoms with Crippen molar-refractivity contribution in [2.45, 2.75) is 26.2 Å². The van der Waals surface area contributed by atoms with Crippen molar-refractivity contribution in [3.63, 3.8) is 0 Å². The average Bonchev–Trinajstić information content (AvgIpc) is 3.02. The molecule has 0 aliphatic rings. The highest BCUT2D eigenvalue weighted by molar-refractivity contribution is 6.42. The highest BCUT2D eigenvalue weighted by Crippen LogP contribution is 2.33. The average molecular weight is 442 g/mol. The van der Waals surface area contributed by atoms with Gasteiger partial charge in [-0.25, -0.2) is 9.97 Å². The molecule has 0 aliphatic heterocycles. The summed E-state index contributed by atoms with van der Waals surface area (Å²) in [5.74, 6) is -0.0105. The summed E-state index contributed by atoms with van der Waals surface area (Å²) in [4.78, 5) is 22.5.